The minimum absolute atomic E-state index is 0.0369. The van der Waals surface area contributed by atoms with E-state index in [2.05, 4.69) is 10.6 Å². The minimum Gasteiger partial charge on any atom is -0.379 e. The van der Waals surface area contributed by atoms with Gasteiger partial charge in [-0.25, -0.2) is 0 Å². The second-order valence-electron chi connectivity index (χ2n) is 3.86. The Kier molecular flexibility index (Phi) is 7.12. The molecule has 0 radical (unpaired) electrons. The van der Waals surface area contributed by atoms with Crippen LogP contribution in [0.5, 0.6) is 0 Å². The van der Waals surface area contributed by atoms with E-state index in [1.165, 1.54) is 0 Å². The van der Waals surface area contributed by atoms with E-state index >= 15 is 0 Å². The molecule has 0 aliphatic carbocycles. The fourth-order valence-corrected chi connectivity index (χ4v) is 1.67. The summed E-state index contributed by atoms with van der Waals surface area (Å²) >= 11 is 0. The monoisotopic (exact) mass is 230 g/mol. The van der Waals surface area contributed by atoms with Gasteiger partial charge in [0.05, 0.1) is 13.2 Å². The Labute approximate surface area is 96.9 Å². The zero-order chi connectivity index (χ0) is 11.6. The molecular weight excluding hydrogens is 208 g/mol. The Hall–Kier alpha value is -0.650. The van der Waals surface area contributed by atoms with Gasteiger partial charge in [0.15, 0.2) is 0 Å². The molecule has 0 aromatic carbocycles. The molecule has 0 aromatic rings. The zero-order valence-corrected chi connectivity index (χ0v) is 9.96. The third kappa shape index (κ3) is 6.05. The number of carbonyl (C=O) groups is 1. The van der Waals surface area contributed by atoms with Crippen molar-refractivity contribution in [2.45, 2.75) is 25.8 Å². The molecule has 1 unspecified atom stereocenters. The normalized spacial score (nSPS) is 20.7. The van der Waals surface area contributed by atoms with Gasteiger partial charge in [0.25, 0.3) is 0 Å². The summed E-state index contributed by atoms with van der Waals surface area (Å²) in [7, 11) is 0. The molecule has 1 fully saturated rings. The van der Waals surface area contributed by atoms with Crippen molar-refractivity contribution in [1.29, 1.82) is 0 Å². The van der Waals surface area contributed by atoms with Crippen LogP contribution in [0.4, 0.5) is 0 Å². The summed E-state index contributed by atoms with van der Waals surface area (Å²) in [6, 6.07) is 0.261. The summed E-state index contributed by atoms with van der Waals surface area (Å²) < 4.78 is 10.3. The van der Waals surface area contributed by atoms with Crippen LogP contribution < -0.4 is 10.6 Å². The van der Waals surface area contributed by atoms with Crippen LogP contribution in [0, 0.1) is 0 Å². The molecule has 0 bridgehead atoms. The Bertz CT molecular complexity index is 194. The van der Waals surface area contributed by atoms with Crippen LogP contribution in [0.2, 0.25) is 0 Å². The van der Waals surface area contributed by atoms with Crippen molar-refractivity contribution in [2.75, 3.05) is 39.5 Å². The summed E-state index contributed by atoms with van der Waals surface area (Å²) in [6.45, 7) is 5.69. The second kappa shape index (κ2) is 8.50. The molecule has 1 aliphatic rings. The van der Waals surface area contributed by atoms with Gasteiger partial charge in [0, 0.05) is 19.2 Å². The number of amides is 1. The van der Waals surface area contributed by atoms with E-state index in [0.29, 0.717) is 19.8 Å². The van der Waals surface area contributed by atoms with E-state index in [9.17, 15) is 4.79 Å². The SMILES string of the molecule is CCOCCOCC(=O)NC1CCCNC1. The Morgan fingerprint density at radius 1 is 1.44 bits per heavy atom. The topological polar surface area (TPSA) is 59.6 Å². The van der Waals surface area contributed by atoms with E-state index in [-0.39, 0.29) is 18.6 Å². The molecule has 16 heavy (non-hydrogen) atoms. The molecule has 0 spiro atoms. The largest absolute Gasteiger partial charge is 0.379 e. The zero-order valence-electron chi connectivity index (χ0n) is 9.96. The van der Waals surface area contributed by atoms with Gasteiger partial charge in [-0.1, -0.05) is 0 Å². The fourth-order valence-electron chi connectivity index (χ4n) is 1.67. The van der Waals surface area contributed by atoms with Gasteiger partial charge in [0.2, 0.25) is 5.91 Å². The molecular formula is C11H22N2O3. The number of rotatable bonds is 7. The van der Waals surface area contributed by atoms with Crippen LogP contribution in [0.15, 0.2) is 0 Å². The maximum absolute atomic E-state index is 11.4. The number of ether oxygens (including phenoxy) is 2. The first kappa shape index (κ1) is 13.4. The quantitative estimate of drug-likeness (QED) is 0.600. The van der Waals surface area contributed by atoms with Crippen molar-refractivity contribution in [3.05, 3.63) is 0 Å². The standard InChI is InChI=1S/C11H22N2O3/c1-2-15-6-7-16-9-11(14)13-10-4-3-5-12-8-10/h10,12H,2-9H2,1H3,(H,13,14). The molecule has 0 saturated carbocycles. The van der Waals surface area contributed by atoms with Crippen LogP contribution in [0.25, 0.3) is 0 Å². The summed E-state index contributed by atoms with van der Waals surface area (Å²) in [6.07, 6.45) is 2.17. The number of nitrogens with one attached hydrogen (secondary N) is 2. The summed E-state index contributed by atoms with van der Waals surface area (Å²) in [5.41, 5.74) is 0. The molecule has 5 heteroatoms. The first-order valence-corrected chi connectivity index (χ1v) is 5.98. The number of carbonyl (C=O) groups excluding carboxylic acids is 1. The average Bonchev–Trinajstić information content (AvgIpc) is 2.30. The lowest BCUT2D eigenvalue weighted by atomic mass is 10.1. The molecule has 1 atom stereocenters. The molecule has 0 aromatic heterocycles. The van der Waals surface area contributed by atoms with Gasteiger partial charge in [-0.15, -0.1) is 0 Å². The highest BCUT2D eigenvalue weighted by atomic mass is 16.5. The first-order chi connectivity index (χ1) is 7.83. The smallest absolute Gasteiger partial charge is 0.246 e. The van der Waals surface area contributed by atoms with Crippen LogP contribution in [0.3, 0.4) is 0 Å². The van der Waals surface area contributed by atoms with Crippen molar-refractivity contribution >= 4 is 5.91 Å². The molecule has 2 N–H and O–H groups in total. The Balaban J connectivity index is 1.97. The molecule has 1 saturated heterocycles. The van der Waals surface area contributed by atoms with Crippen molar-refractivity contribution in [3.8, 4) is 0 Å². The summed E-state index contributed by atoms with van der Waals surface area (Å²) in [4.78, 5) is 11.4. The minimum atomic E-state index is -0.0369. The predicted octanol–water partition coefficient (Wildman–Crippen LogP) is -0.0923. The highest BCUT2D eigenvalue weighted by Gasteiger charge is 2.14. The third-order valence-corrected chi connectivity index (χ3v) is 2.47. The fraction of sp³-hybridized carbons (Fsp3) is 0.909. The summed E-state index contributed by atoms with van der Waals surface area (Å²) in [5.74, 6) is -0.0369. The number of piperidine rings is 1. The molecule has 1 rings (SSSR count). The van der Waals surface area contributed by atoms with Gasteiger partial charge < -0.3 is 20.1 Å². The third-order valence-electron chi connectivity index (χ3n) is 2.47. The highest BCUT2D eigenvalue weighted by Crippen LogP contribution is 2.00. The maximum atomic E-state index is 11.4. The first-order valence-electron chi connectivity index (χ1n) is 5.98. The lowest BCUT2D eigenvalue weighted by Gasteiger charge is -2.23. The van der Waals surface area contributed by atoms with Crippen molar-refractivity contribution in [3.63, 3.8) is 0 Å². The average molecular weight is 230 g/mol. The van der Waals surface area contributed by atoms with Crippen LogP contribution in [0.1, 0.15) is 19.8 Å². The van der Waals surface area contributed by atoms with Crippen LogP contribution in [-0.2, 0) is 14.3 Å². The molecule has 1 amide bonds. The van der Waals surface area contributed by atoms with E-state index in [0.717, 1.165) is 25.9 Å². The molecule has 1 aliphatic heterocycles. The lowest BCUT2D eigenvalue weighted by Crippen LogP contribution is -2.46. The molecule has 94 valence electrons. The van der Waals surface area contributed by atoms with Gasteiger partial charge in [-0.3, -0.25) is 4.79 Å². The van der Waals surface area contributed by atoms with Crippen molar-refractivity contribution in [2.24, 2.45) is 0 Å². The van der Waals surface area contributed by atoms with E-state index in [4.69, 9.17) is 9.47 Å². The molecule has 1 heterocycles. The van der Waals surface area contributed by atoms with Crippen LogP contribution in [-0.4, -0.2) is 51.5 Å². The van der Waals surface area contributed by atoms with E-state index in [1.807, 2.05) is 6.92 Å². The van der Waals surface area contributed by atoms with E-state index < -0.39 is 0 Å². The highest BCUT2D eigenvalue weighted by molar-refractivity contribution is 5.77. The van der Waals surface area contributed by atoms with Crippen molar-refractivity contribution < 1.29 is 14.3 Å². The second-order valence-corrected chi connectivity index (χ2v) is 3.86. The number of hydrogen-bond donors (Lipinski definition) is 2. The predicted molar refractivity (Wildman–Crippen MR) is 61.3 cm³/mol. The van der Waals surface area contributed by atoms with Gasteiger partial charge in [0.1, 0.15) is 6.61 Å². The Morgan fingerprint density at radius 3 is 2.94 bits per heavy atom. The van der Waals surface area contributed by atoms with Crippen molar-refractivity contribution in [1.82, 2.24) is 10.6 Å². The number of hydrogen-bond acceptors (Lipinski definition) is 4. The lowest BCUT2D eigenvalue weighted by molar-refractivity contribution is -0.127. The van der Waals surface area contributed by atoms with Gasteiger partial charge in [-0.2, -0.15) is 0 Å². The van der Waals surface area contributed by atoms with Gasteiger partial charge in [-0.05, 0) is 26.3 Å². The molecule has 5 nitrogen and oxygen atoms in total. The van der Waals surface area contributed by atoms with E-state index in [1.54, 1.807) is 0 Å². The van der Waals surface area contributed by atoms with Gasteiger partial charge >= 0.3 is 0 Å². The Morgan fingerprint density at radius 2 is 2.25 bits per heavy atom. The van der Waals surface area contributed by atoms with Crippen LogP contribution >= 0.6 is 0 Å². The summed E-state index contributed by atoms with van der Waals surface area (Å²) in [5, 5.41) is 6.19. The maximum Gasteiger partial charge on any atom is 0.246 e.